The molecule has 15 heavy (non-hydrogen) atoms. The second kappa shape index (κ2) is 2.75. The summed E-state index contributed by atoms with van der Waals surface area (Å²) in [4.78, 5) is 11.6. The number of carbonyl (C=O) groups is 1. The van der Waals surface area contributed by atoms with Crippen LogP contribution < -0.4 is 0 Å². The number of hydrogen-bond acceptors (Lipinski definition) is 1. The summed E-state index contributed by atoms with van der Waals surface area (Å²) in [6, 6.07) is 0. The lowest BCUT2D eigenvalue weighted by atomic mass is 9.73. The minimum Gasteiger partial charge on any atom is -0.295 e. The van der Waals surface area contributed by atoms with Crippen LogP contribution in [0.25, 0.3) is 0 Å². The van der Waals surface area contributed by atoms with Crippen molar-refractivity contribution in [3.63, 3.8) is 0 Å². The monoisotopic (exact) mass is 204 g/mol. The number of ketones is 1. The average molecular weight is 204 g/mol. The highest BCUT2D eigenvalue weighted by Gasteiger charge is 2.66. The summed E-state index contributed by atoms with van der Waals surface area (Å²) in [5, 5.41) is 0. The van der Waals surface area contributed by atoms with Crippen molar-refractivity contribution in [2.45, 2.75) is 40.0 Å². The van der Waals surface area contributed by atoms with Gasteiger partial charge in [-0.1, -0.05) is 32.8 Å². The molecular formula is C14H20O. The highest BCUT2D eigenvalue weighted by molar-refractivity contribution is 5.92. The maximum Gasteiger partial charge on any atom is 0.155 e. The Morgan fingerprint density at radius 3 is 2.80 bits per heavy atom. The molecule has 1 heteroatoms. The standard InChI is InChI=1S/C14H20O/c1-4-8-5-10(15)6-9-7-11-13(12(8)9)14(11,2)3/h6,8,11-13H,4-5,7H2,1-3H3/t8-,11+,12+,13+/m0/s1. The van der Waals surface area contributed by atoms with E-state index in [1.165, 1.54) is 18.4 Å². The fourth-order valence-corrected chi connectivity index (χ4v) is 4.31. The summed E-state index contributed by atoms with van der Waals surface area (Å²) in [5.74, 6) is 3.56. The summed E-state index contributed by atoms with van der Waals surface area (Å²) in [7, 11) is 0. The number of fused-ring (bicyclic) bond motifs is 3. The van der Waals surface area contributed by atoms with Gasteiger partial charge in [0.25, 0.3) is 0 Å². The molecule has 0 aromatic carbocycles. The lowest BCUT2D eigenvalue weighted by Crippen LogP contribution is -2.26. The normalized spacial score (nSPS) is 45.8. The predicted octanol–water partition coefficient (Wildman–Crippen LogP) is 3.20. The largest absolute Gasteiger partial charge is 0.295 e. The number of hydrogen-bond donors (Lipinski definition) is 0. The molecule has 2 saturated carbocycles. The van der Waals surface area contributed by atoms with E-state index in [-0.39, 0.29) is 0 Å². The van der Waals surface area contributed by atoms with Crippen LogP contribution in [0.4, 0.5) is 0 Å². The van der Waals surface area contributed by atoms with Gasteiger partial charge in [0, 0.05) is 6.42 Å². The van der Waals surface area contributed by atoms with E-state index >= 15 is 0 Å². The number of carbonyl (C=O) groups excluding carboxylic acids is 1. The second-order valence-corrected chi connectivity index (χ2v) is 6.24. The van der Waals surface area contributed by atoms with Gasteiger partial charge in [0.2, 0.25) is 0 Å². The van der Waals surface area contributed by atoms with Crippen molar-refractivity contribution in [2.24, 2.45) is 29.1 Å². The first kappa shape index (κ1) is 9.62. The van der Waals surface area contributed by atoms with Crippen molar-refractivity contribution in [3.8, 4) is 0 Å². The van der Waals surface area contributed by atoms with Gasteiger partial charge in [-0.2, -0.15) is 0 Å². The molecule has 0 aromatic heterocycles. The van der Waals surface area contributed by atoms with Gasteiger partial charge in [-0.05, 0) is 41.6 Å². The third-order valence-corrected chi connectivity index (χ3v) is 5.25. The first-order chi connectivity index (χ1) is 7.05. The Hall–Kier alpha value is -0.590. The van der Waals surface area contributed by atoms with Crippen LogP contribution in [0.1, 0.15) is 40.0 Å². The topological polar surface area (TPSA) is 17.1 Å². The summed E-state index contributed by atoms with van der Waals surface area (Å²) >= 11 is 0. The molecule has 0 aliphatic heterocycles. The molecule has 0 spiro atoms. The summed E-state index contributed by atoms with van der Waals surface area (Å²) in [6.45, 7) is 7.05. The molecule has 0 amide bonds. The van der Waals surface area contributed by atoms with Gasteiger partial charge in [0.15, 0.2) is 5.78 Å². The second-order valence-electron chi connectivity index (χ2n) is 6.24. The Balaban J connectivity index is 1.94. The van der Waals surface area contributed by atoms with Crippen molar-refractivity contribution in [3.05, 3.63) is 11.6 Å². The van der Waals surface area contributed by atoms with E-state index in [1.807, 2.05) is 6.08 Å². The maximum atomic E-state index is 11.6. The molecule has 0 unspecified atom stereocenters. The van der Waals surface area contributed by atoms with Crippen LogP contribution in [0.2, 0.25) is 0 Å². The van der Waals surface area contributed by atoms with Gasteiger partial charge in [0.1, 0.15) is 0 Å². The van der Waals surface area contributed by atoms with Crippen molar-refractivity contribution in [2.75, 3.05) is 0 Å². The molecule has 0 radical (unpaired) electrons. The molecule has 0 heterocycles. The SMILES string of the molecule is CC[C@H]1CC(=O)C=C2C[C@@H]3[C@H]([C@@H]21)C3(C)C. The van der Waals surface area contributed by atoms with Gasteiger partial charge >= 0.3 is 0 Å². The zero-order valence-electron chi connectivity index (χ0n) is 9.92. The lowest BCUT2D eigenvalue weighted by molar-refractivity contribution is -0.116. The third-order valence-electron chi connectivity index (χ3n) is 5.25. The molecule has 4 atom stereocenters. The van der Waals surface area contributed by atoms with Crippen molar-refractivity contribution < 1.29 is 4.79 Å². The molecule has 3 aliphatic rings. The van der Waals surface area contributed by atoms with Crippen molar-refractivity contribution in [1.82, 2.24) is 0 Å². The van der Waals surface area contributed by atoms with Crippen LogP contribution >= 0.6 is 0 Å². The quantitative estimate of drug-likeness (QED) is 0.641. The fourth-order valence-electron chi connectivity index (χ4n) is 4.31. The van der Waals surface area contributed by atoms with E-state index in [0.717, 1.165) is 24.2 Å². The fraction of sp³-hybridized carbons (Fsp3) is 0.786. The van der Waals surface area contributed by atoms with Crippen molar-refractivity contribution >= 4 is 5.78 Å². The molecule has 82 valence electrons. The van der Waals surface area contributed by atoms with E-state index in [9.17, 15) is 4.79 Å². The van der Waals surface area contributed by atoms with Crippen LogP contribution in [0.15, 0.2) is 11.6 Å². The molecule has 3 aliphatic carbocycles. The van der Waals surface area contributed by atoms with Gasteiger partial charge in [-0.15, -0.1) is 0 Å². The molecule has 3 rings (SSSR count). The highest BCUT2D eigenvalue weighted by atomic mass is 16.1. The minimum absolute atomic E-state index is 0.382. The summed E-state index contributed by atoms with van der Waals surface area (Å²) in [5.41, 5.74) is 2.06. The Morgan fingerprint density at radius 2 is 2.13 bits per heavy atom. The molecule has 0 bridgehead atoms. The Morgan fingerprint density at radius 1 is 1.40 bits per heavy atom. The van der Waals surface area contributed by atoms with E-state index in [2.05, 4.69) is 20.8 Å². The zero-order chi connectivity index (χ0) is 10.8. The Bertz CT molecular complexity index is 350. The summed E-state index contributed by atoms with van der Waals surface area (Å²) < 4.78 is 0. The van der Waals surface area contributed by atoms with Crippen LogP contribution in [0.5, 0.6) is 0 Å². The van der Waals surface area contributed by atoms with Crippen LogP contribution in [0.3, 0.4) is 0 Å². The zero-order valence-corrected chi connectivity index (χ0v) is 9.92. The first-order valence-electron chi connectivity index (χ1n) is 6.29. The molecule has 1 nitrogen and oxygen atoms in total. The van der Waals surface area contributed by atoms with Crippen LogP contribution in [-0.2, 0) is 4.79 Å². The average Bonchev–Trinajstić information content (AvgIpc) is 2.60. The maximum absolute atomic E-state index is 11.6. The van der Waals surface area contributed by atoms with Gasteiger partial charge in [0.05, 0.1) is 0 Å². The molecule has 0 N–H and O–H groups in total. The minimum atomic E-state index is 0.382. The molecular weight excluding hydrogens is 184 g/mol. The van der Waals surface area contributed by atoms with Gasteiger partial charge in [-0.3, -0.25) is 4.79 Å². The van der Waals surface area contributed by atoms with E-state index in [1.54, 1.807) is 0 Å². The van der Waals surface area contributed by atoms with Crippen molar-refractivity contribution in [1.29, 1.82) is 0 Å². The molecule has 0 aromatic rings. The first-order valence-corrected chi connectivity index (χ1v) is 6.29. The predicted molar refractivity (Wildman–Crippen MR) is 60.4 cm³/mol. The van der Waals surface area contributed by atoms with E-state index < -0.39 is 0 Å². The summed E-state index contributed by atoms with van der Waals surface area (Å²) in [6.07, 6.45) is 5.17. The third kappa shape index (κ3) is 1.12. The Kier molecular flexibility index (Phi) is 1.76. The Labute approximate surface area is 91.9 Å². The van der Waals surface area contributed by atoms with E-state index in [0.29, 0.717) is 17.1 Å². The molecule has 2 fully saturated rings. The van der Waals surface area contributed by atoms with Crippen LogP contribution in [-0.4, -0.2) is 5.78 Å². The van der Waals surface area contributed by atoms with Gasteiger partial charge < -0.3 is 0 Å². The number of rotatable bonds is 1. The highest BCUT2D eigenvalue weighted by Crippen LogP contribution is 2.72. The van der Waals surface area contributed by atoms with E-state index in [4.69, 9.17) is 0 Å². The smallest absolute Gasteiger partial charge is 0.155 e. The number of allylic oxidation sites excluding steroid dienone is 2. The van der Waals surface area contributed by atoms with Crippen LogP contribution in [0, 0.1) is 29.1 Å². The van der Waals surface area contributed by atoms with Gasteiger partial charge in [-0.25, -0.2) is 0 Å². The molecule has 0 saturated heterocycles. The lowest BCUT2D eigenvalue weighted by Gasteiger charge is -2.31.